The van der Waals surface area contributed by atoms with Crippen LogP contribution in [0, 0.1) is 0 Å². The van der Waals surface area contributed by atoms with E-state index in [9.17, 15) is 22.8 Å². The smallest absolute Gasteiger partial charge is 0.416 e. The van der Waals surface area contributed by atoms with Gasteiger partial charge in [-0.2, -0.15) is 13.2 Å². The SMILES string of the molecule is COC(=O)c1ccc(-c2cccc3c2O[C@H](CNC(=O)Cc2cccc(C(F)(F)F)c2)C3)nc1. The van der Waals surface area contributed by atoms with Gasteiger partial charge in [0.05, 0.1) is 36.9 Å². The number of amides is 1. The van der Waals surface area contributed by atoms with Gasteiger partial charge in [0, 0.05) is 18.2 Å². The van der Waals surface area contributed by atoms with Gasteiger partial charge in [0.2, 0.25) is 5.91 Å². The number of fused-ring (bicyclic) bond motifs is 1. The highest BCUT2D eigenvalue weighted by Crippen LogP contribution is 2.38. The molecule has 1 aliphatic rings. The van der Waals surface area contributed by atoms with E-state index in [1.807, 2.05) is 18.2 Å². The Bertz CT molecular complexity index is 1210. The van der Waals surface area contributed by atoms with Crippen LogP contribution in [0.2, 0.25) is 0 Å². The molecule has 1 N–H and O–H groups in total. The first kappa shape index (κ1) is 23.3. The fraction of sp³-hybridized carbons (Fsp3) is 0.240. The number of benzene rings is 2. The number of hydrogen-bond donors (Lipinski definition) is 1. The average molecular weight is 470 g/mol. The van der Waals surface area contributed by atoms with Crippen LogP contribution in [0.5, 0.6) is 5.75 Å². The molecule has 0 bridgehead atoms. The lowest BCUT2D eigenvalue weighted by Crippen LogP contribution is -2.35. The largest absolute Gasteiger partial charge is 0.487 e. The van der Waals surface area contributed by atoms with Crippen molar-refractivity contribution in [1.82, 2.24) is 10.3 Å². The summed E-state index contributed by atoms with van der Waals surface area (Å²) in [5.74, 6) is -0.216. The average Bonchev–Trinajstić information content (AvgIpc) is 3.25. The molecule has 0 spiro atoms. The lowest BCUT2D eigenvalue weighted by atomic mass is 10.0. The standard InChI is InChI=1S/C25H21F3N2O4/c1-33-24(32)17-8-9-21(29-13-17)20-7-3-5-16-12-19(34-23(16)20)14-30-22(31)11-15-4-2-6-18(10-15)25(26,27)28/h2-10,13,19H,11-12,14H2,1H3,(H,30,31)/t19-/m0/s1. The second-order valence-electron chi connectivity index (χ2n) is 7.84. The second-order valence-corrected chi connectivity index (χ2v) is 7.84. The number of esters is 1. The molecule has 0 saturated carbocycles. The van der Waals surface area contributed by atoms with Crippen LogP contribution < -0.4 is 10.1 Å². The molecule has 0 unspecified atom stereocenters. The molecular weight excluding hydrogens is 449 g/mol. The molecule has 2 aromatic carbocycles. The van der Waals surface area contributed by atoms with Crippen molar-refractivity contribution in [2.24, 2.45) is 0 Å². The Labute approximate surface area is 193 Å². The minimum Gasteiger partial charge on any atom is -0.487 e. The van der Waals surface area contributed by atoms with Crippen molar-refractivity contribution in [2.45, 2.75) is 25.1 Å². The Morgan fingerprint density at radius 1 is 1.15 bits per heavy atom. The number of carbonyl (C=O) groups excluding carboxylic acids is 2. The number of methoxy groups -OCH3 is 1. The molecule has 0 fully saturated rings. The summed E-state index contributed by atoms with van der Waals surface area (Å²) in [5, 5.41) is 2.74. The van der Waals surface area contributed by atoms with Crippen LogP contribution in [0.15, 0.2) is 60.8 Å². The third-order valence-corrected chi connectivity index (χ3v) is 5.44. The normalized spacial score (nSPS) is 14.8. The minimum absolute atomic E-state index is 0.161. The van der Waals surface area contributed by atoms with Gasteiger partial charge in [-0.3, -0.25) is 9.78 Å². The van der Waals surface area contributed by atoms with Crippen LogP contribution in [0.4, 0.5) is 13.2 Å². The summed E-state index contributed by atoms with van der Waals surface area (Å²) in [6.07, 6.45) is -2.95. The van der Waals surface area contributed by atoms with Gasteiger partial charge in [-0.1, -0.05) is 30.3 Å². The molecule has 1 amide bonds. The maximum atomic E-state index is 12.9. The van der Waals surface area contributed by atoms with Crippen LogP contribution >= 0.6 is 0 Å². The number of ether oxygens (including phenoxy) is 2. The molecule has 9 heteroatoms. The lowest BCUT2D eigenvalue weighted by molar-refractivity contribution is -0.137. The van der Waals surface area contributed by atoms with Gasteiger partial charge in [-0.15, -0.1) is 0 Å². The minimum atomic E-state index is -4.46. The van der Waals surface area contributed by atoms with E-state index in [-0.39, 0.29) is 30.5 Å². The van der Waals surface area contributed by atoms with Crippen LogP contribution in [-0.2, 0) is 28.5 Å². The van der Waals surface area contributed by atoms with Crippen molar-refractivity contribution in [3.8, 4) is 17.0 Å². The van der Waals surface area contributed by atoms with Gasteiger partial charge in [0.25, 0.3) is 0 Å². The van der Waals surface area contributed by atoms with Crippen LogP contribution in [-0.4, -0.2) is 36.6 Å². The number of para-hydroxylation sites is 1. The van der Waals surface area contributed by atoms with Crippen molar-refractivity contribution in [2.75, 3.05) is 13.7 Å². The molecule has 1 aliphatic heterocycles. The topological polar surface area (TPSA) is 77.5 Å². The van der Waals surface area contributed by atoms with E-state index >= 15 is 0 Å². The highest BCUT2D eigenvalue weighted by atomic mass is 19.4. The first-order valence-corrected chi connectivity index (χ1v) is 10.5. The molecule has 3 aromatic rings. The van der Waals surface area contributed by atoms with E-state index in [1.165, 1.54) is 25.4 Å². The van der Waals surface area contributed by atoms with Crippen LogP contribution in [0.1, 0.15) is 27.0 Å². The van der Waals surface area contributed by atoms with Crippen molar-refractivity contribution >= 4 is 11.9 Å². The number of nitrogens with one attached hydrogen (secondary N) is 1. The molecule has 4 rings (SSSR count). The lowest BCUT2D eigenvalue weighted by Gasteiger charge is -2.14. The quantitative estimate of drug-likeness (QED) is 0.546. The molecule has 34 heavy (non-hydrogen) atoms. The maximum Gasteiger partial charge on any atom is 0.416 e. The summed E-state index contributed by atoms with van der Waals surface area (Å²) >= 11 is 0. The van der Waals surface area contributed by atoms with E-state index < -0.39 is 17.7 Å². The summed E-state index contributed by atoms with van der Waals surface area (Å²) in [4.78, 5) is 28.3. The van der Waals surface area contributed by atoms with E-state index in [2.05, 4.69) is 15.0 Å². The molecule has 176 valence electrons. The predicted octanol–water partition coefficient (Wildman–Crippen LogP) is 4.22. The molecule has 0 saturated heterocycles. The number of hydrogen-bond acceptors (Lipinski definition) is 5. The Balaban J connectivity index is 1.38. The Morgan fingerprint density at radius 2 is 1.94 bits per heavy atom. The monoisotopic (exact) mass is 470 g/mol. The van der Waals surface area contributed by atoms with Gasteiger partial charge in [-0.05, 0) is 35.4 Å². The third kappa shape index (κ3) is 5.19. The molecule has 0 aliphatic carbocycles. The number of halogens is 3. The molecule has 1 aromatic heterocycles. The van der Waals surface area contributed by atoms with Crippen LogP contribution in [0.25, 0.3) is 11.3 Å². The molecular formula is C25H21F3N2O4. The number of carbonyl (C=O) groups is 2. The van der Waals surface area contributed by atoms with Crippen molar-refractivity contribution < 1.29 is 32.2 Å². The zero-order valence-electron chi connectivity index (χ0n) is 18.2. The second kappa shape index (κ2) is 9.54. The van der Waals surface area contributed by atoms with E-state index in [0.29, 0.717) is 23.4 Å². The molecule has 0 radical (unpaired) electrons. The number of rotatable bonds is 6. The zero-order chi connectivity index (χ0) is 24.3. The highest BCUT2D eigenvalue weighted by Gasteiger charge is 2.30. The summed E-state index contributed by atoms with van der Waals surface area (Å²) in [7, 11) is 1.30. The fourth-order valence-electron chi connectivity index (χ4n) is 3.78. The number of nitrogens with zero attached hydrogens (tertiary/aromatic N) is 1. The Morgan fingerprint density at radius 3 is 2.65 bits per heavy atom. The van der Waals surface area contributed by atoms with E-state index in [4.69, 9.17) is 4.74 Å². The van der Waals surface area contributed by atoms with Gasteiger partial charge < -0.3 is 14.8 Å². The van der Waals surface area contributed by atoms with E-state index in [1.54, 1.807) is 12.1 Å². The van der Waals surface area contributed by atoms with Crippen molar-refractivity contribution in [3.05, 3.63) is 83.0 Å². The number of aromatic nitrogens is 1. The van der Waals surface area contributed by atoms with Gasteiger partial charge in [-0.25, -0.2) is 4.79 Å². The Kier molecular flexibility index (Phi) is 6.54. The van der Waals surface area contributed by atoms with Crippen molar-refractivity contribution in [1.29, 1.82) is 0 Å². The van der Waals surface area contributed by atoms with Crippen LogP contribution in [0.3, 0.4) is 0 Å². The highest BCUT2D eigenvalue weighted by molar-refractivity contribution is 5.89. The first-order valence-electron chi connectivity index (χ1n) is 10.5. The Hall–Kier alpha value is -3.88. The summed E-state index contributed by atoms with van der Waals surface area (Å²) in [5.41, 5.74) is 2.17. The first-order chi connectivity index (χ1) is 16.2. The molecule has 6 nitrogen and oxygen atoms in total. The van der Waals surface area contributed by atoms with Crippen molar-refractivity contribution in [3.63, 3.8) is 0 Å². The third-order valence-electron chi connectivity index (χ3n) is 5.44. The van der Waals surface area contributed by atoms with Gasteiger partial charge >= 0.3 is 12.1 Å². The maximum absolute atomic E-state index is 12.9. The zero-order valence-corrected chi connectivity index (χ0v) is 18.2. The summed E-state index contributed by atoms with van der Waals surface area (Å²) in [6, 6.07) is 13.7. The van der Waals surface area contributed by atoms with Gasteiger partial charge in [0.15, 0.2) is 0 Å². The fourth-order valence-corrected chi connectivity index (χ4v) is 3.78. The van der Waals surface area contributed by atoms with E-state index in [0.717, 1.165) is 23.3 Å². The predicted molar refractivity (Wildman–Crippen MR) is 117 cm³/mol. The number of alkyl halides is 3. The number of pyridine rings is 1. The van der Waals surface area contributed by atoms with Gasteiger partial charge in [0.1, 0.15) is 11.9 Å². The molecule has 2 heterocycles. The molecule has 1 atom stereocenters. The summed E-state index contributed by atoms with van der Waals surface area (Å²) in [6.45, 7) is 0.209. The summed E-state index contributed by atoms with van der Waals surface area (Å²) < 4.78 is 49.4.